The van der Waals surface area contributed by atoms with Gasteiger partial charge in [-0.1, -0.05) is 12.1 Å². The molecule has 0 bridgehead atoms. The smallest absolute Gasteiger partial charge is 0.321 e. The highest BCUT2D eigenvalue weighted by Gasteiger charge is 2.27. The molecule has 1 aliphatic rings. The maximum atomic E-state index is 12.4. The Labute approximate surface area is 154 Å². The molecule has 0 saturated carbocycles. The third-order valence-electron chi connectivity index (χ3n) is 4.77. The first-order chi connectivity index (χ1) is 13.1. The van der Waals surface area contributed by atoms with E-state index in [-0.39, 0.29) is 17.6 Å². The number of hydrogen-bond acceptors (Lipinski definition) is 5. The SMILES string of the molecule is O=C(Nc1ccc([N+](=O)[O-])cc1)N1CCC(c2nc3ccccc3o2)CC1. The summed E-state index contributed by atoms with van der Waals surface area (Å²) in [6.07, 6.45) is 1.56. The molecule has 1 fully saturated rings. The van der Waals surface area contributed by atoms with Gasteiger partial charge in [-0.15, -0.1) is 0 Å². The van der Waals surface area contributed by atoms with Crippen LogP contribution in [0.1, 0.15) is 24.7 Å². The topological polar surface area (TPSA) is 102 Å². The quantitative estimate of drug-likeness (QED) is 0.554. The number of amides is 2. The largest absolute Gasteiger partial charge is 0.440 e. The number of rotatable bonds is 3. The summed E-state index contributed by atoms with van der Waals surface area (Å²) in [5, 5.41) is 13.5. The maximum Gasteiger partial charge on any atom is 0.321 e. The number of nitrogens with one attached hydrogen (secondary N) is 1. The summed E-state index contributed by atoms with van der Waals surface area (Å²) in [4.78, 5) is 28.9. The molecule has 1 N–H and O–H groups in total. The number of urea groups is 1. The molecule has 2 amide bonds. The molecule has 1 saturated heterocycles. The number of nitro benzene ring substituents is 1. The predicted molar refractivity (Wildman–Crippen MR) is 99.7 cm³/mol. The molecule has 0 spiro atoms. The number of hydrogen-bond donors (Lipinski definition) is 1. The van der Waals surface area contributed by atoms with Crippen molar-refractivity contribution >= 4 is 28.5 Å². The van der Waals surface area contributed by atoms with E-state index >= 15 is 0 Å². The Morgan fingerprint density at radius 2 is 1.85 bits per heavy atom. The predicted octanol–water partition coefficient (Wildman–Crippen LogP) is 4.15. The van der Waals surface area contributed by atoms with Gasteiger partial charge in [0.05, 0.1) is 4.92 Å². The van der Waals surface area contributed by atoms with Crippen LogP contribution in [-0.2, 0) is 0 Å². The molecule has 1 aliphatic heterocycles. The molecular formula is C19H18N4O4. The van der Waals surface area contributed by atoms with E-state index in [1.54, 1.807) is 4.90 Å². The molecule has 0 atom stereocenters. The van der Waals surface area contributed by atoms with Gasteiger partial charge in [0.2, 0.25) is 0 Å². The first kappa shape index (κ1) is 17.0. The van der Waals surface area contributed by atoms with Gasteiger partial charge in [0.1, 0.15) is 5.52 Å². The fourth-order valence-corrected chi connectivity index (χ4v) is 3.26. The number of nitro groups is 1. The number of anilines is 1. The molecule has 8 nitrogen and oxygen atoms in total. The van der Waals surface area contributed by atoms with Gasteiger partial charge in [-0.05, 0) is 37.1 Å². The minimum atomic E-state index is -0.470. The monoisotopic (exact) mass is 366 g/mol. The summed E-state index contributed by atoms with van der Waals surface area (Å²) >= 11 is 0. The Morgan fingerprint density at radius 1 is 1.15 bits per heavy atom. The second-order valence-electron chi connectivity index (χ2n) is 6.52. The molecule has 2 heterocycles. The van der Waals surface area contributed by atoms with Crippen molar-refractivity contribution in [1.29, 1.82) is 0 Å². The average molecular weight is 366 g/mol. The molecule has 0 aliphatic carbocycles. The zero-order valence-electron chi connectivity index (χ0n) is 14.5. The van der Waals surface area contributed by atoms with Crippen LogP contribution in [0.15, 0.2) is 52.9 Å². The normalized spacial score (nSPS) is 15.0. The summed E-state index contributed by atoms with van der Waals surface area (Å²) in [5.41, 5.74) is 2.16. The van der Waals surface area contributed by atoms with Gasteiger partial charge in [0, 0.05) is 36.8 Å². The van der Waals surface area contributed by atoms with Gasteiger partial charge in [0.15, 0.2) is 11.5 Å². The number of non-ortho nitro benzene ring substituents is 1. The van der Waals surface area contributed by atoms with Gasteiger partial charge in [-0.25, -0.2) is 9.78 Å². The van der Waals surface area contributed by atoms with E-state index in [1.807, 2.05) is 24.3 Å². The molecule has 0 radical (unpaired) electrons. The Bertz CT molecular complexity index is 942. The van der Waals surface area contributed by atoms with Crippen molar-refractivity contribution in [3.63, 3.8) is 0 Å². The van der Waals surface area contributed by atoms with Crippen LogP contribution in [0, 0.1) is 10.1 Å². The molecule has 0 unspecified atom stereocenters. The third-order valence-corrected chi connectivity index (χ3v) is 4.77. The minimum absolute atomic E-state index is 0.00727. The van der Waals surface area contributed by atoms with Gasteiger partial charge in [0.25, 0.3) is 5.69 Å². The molecule has 4 rings (SSSR count). The lowest BCUT2D eigenvalue weighted by molar-refractivity contribution is -0.384. The van der Waals surface area contributed by atoms with Crippen LogP contribution in [0.3, 0.4) is 0 Å². The average Bonchev–Trinajstić information content (AvgIpc) is 3.13. The fraction of sp³-hybridized carbons (Fsp3) is 0.263. The Kier molecular flexibility index (Phi) is 4.45. The first-order valence-electron chi connectivity index (χ1n) is 8.76. The second kappa shape index (κ2) is 7.06. The number of oxazole rings is 1. The van der Waals surface area contributed by atoms with E-state index in [2.05, 4.69) is 10.3 Å². The fourth-order valence-electron chi connectivity index (χ4n) is 3.26. The molecule has 138 valence electrons. The zero-order valence-corrected chi connectivity index (χ0v) is 14.5. The maximum absolute atomic E-state index is 12.4. The number of para-hydroxylation sites is 2. The number of benzene rings is 2. The van der Waals surface area contributed by atoms with E-state index in [0.717, 1.165) is 29.8 Å². The summed E-state index contributed by atoms with van der Waals surface area (Å²) in [6, 6.07) is 13.3. The standard InChI is InChI=1S/C19H18N4O4/c24-19(20-14-5-7-15(8-6-14)23(25)26)22-11-9-13(10-12-22)18-21-16-3-1-2-4-17(16)27-18/h1-8,13H,9-12H2,(H,20,24). The van der Waals surface area contributed by atoms with Gasteiger partial charge < -0.3 is 14.6 Å². The van der Waals surface area contributed by atoms with Crippen LogP contribution in [-0.4, -0.2) is 33.9 Å². The van der Waals surface area contributed by atoms with Crippen LogP contribution in [0.2, 0.25) is 0 Å². The van der Waals surface area contributed by atoms with Crippen molar-refractivity contribution in [2.24, 2.45) is 0 Å². The van der Waals surface area contributed by atoms with E-state index < -0.39 is 4.92 Å². The summed E-state index contributed by atoms with van der Waals surface area (Å²) < 4.78 is 5.84. The number of carbonyl (C=O) groups is 1. The van der Waals surface area contributed by atoms with Crippen LogP contribution < -0.4 is 5.32 Å². The molecular weight excluding hydrogens is 348 g/mol. The van der Waals surface area contributed by atoms with Crippen LogP contribution in [0.25, 0.3) is 11.1 Å². The zero-order chi connectivity index (χ0) is 18.8. The number of piperidine rings is 1. The van der Waals surface area contributed by atoms with Crippen molar-refractivity contribution in [2.45, 2.75) is 18.8 Å². The summed E-state index contributed by atoms with van der Waals surface area (Å²) in [5.74, 6) is 0.924. The third kappa shape index (κ3) is 3.59. The van der Waals surface area contributed by atoms with Crippen LogP contribution >= 0.6 is 0 Å². The summed E-state index contributed by atoms with van der Waals surface area (Å²) in [7, 11) is 0. The number of aromatic nitrogens is 1. The number of nitrogens with zero attached hydrogens (tertiary/aromatic N) is 3. The van der Waals surface area contributed by atoms with E-state index in [0.29, 0.717) is 18.8 Å². The Morgan fingerprint density at radius 3 is 2.52 bits per heavy atom. The number of carbonyl (C=O) groups excluding carboxylic acids is 1. The van der Waals surface area contributed by atoms with E-state index in [4.69, 9.17) is 4.42 Å². The molecule has 27 heavy (non-hydrogen) atoms. The highest BCUT2D eigenvalue weighted by Crippen LogP contribution is 2.30. The second-order valence-corrected chi connectivity index (χ2v) is 6.52. The number of likely N-dealkylation sites (tertiary alicyclic amines) is 1. The van der Waals surface area contributed by atoms with Gasteiger partial charge >= 0.3 is 6.03 Å². The Balaban J connectivity index is 1.35. The highest BCUT2D eigenvalue weighted by molar-refractivity contribution is 5.89. The van der Waals surface area contributed by atoms with E-state index in [9.17, 15) is 14.9 Å². The van der Waals surface area contributed by atoms with Crippen molar-refractivity contribution < 1.29 is 14.1 Å². The van der Waals surface area contributed by atoms with E-state index in [1.165, 1.54) is 24.3 Å². The highest BCUT2D eigenvalue weighted by atomic mass is 16.6. The van der Waals surface area contributed by atoms with Crippen molar-refractivity contribution in [1.82, 2.24) is 9.88 Å². The molecule has 8 heteroatoms. The van der Waals surface area contributed by atoms with Gasteiger partial charge in [-0.2, -0.15) is 0 Å². The van der Waals surface area contributed by atoms with Gasteiger partial charge in [-0.3, -0.25) is 10.1 Å². The first-order valence-corrected chi connectivity index (χ1v) is 8.76. The van der Waals surface area contributed by atoms with Crippen LogP contribution in [0.5, 0.6) is 0 Å². The summed E-state index contributed by atoms with van der Waals surface area (Å²) in [6.45, 7) is 1.20. The van der Waals surface area contributed by atoms with Crippen molar-refractivity contribution in [3.8, 4) is 0 Å². The lowest BCUT2D eigenvalue weighted by Crippen LogP contribution is -2.40. The molecule has 1 aromatic heterocycles. The Hall–Kier alpha value is -3.42. The number of fused-ring (bicyclic) bond motifs is 1. The van der Waals surface area contributed by atoms with Crippen molar-refractivity contribution in [3.05, 3.63) is 64.5 Å². The molecule has 2 aromatic carbocycles. The lowest BCUT2D eigenvalue weighted by Gasteiger charge is -2.30. The molecule has 3 aromatic rings. The van der Waals surface area contributed by atoms with Crippen LogP contribution in [0.4, 0.5) is 16.2 Å². The minimum Gasteiger partial charge on any atom is -0.440 e. The van der Waals surface area contributed by atoms with Crippen molar-refractivity contribution in [2.75, 3.05) is 18.4 Å². The lowest BCUT2D eigenvalue weighted by atomic mass is 9.97.